The highest BCUT2D eigenvalue weighted by Crippen LogP contribution is 2.22. The number of anilines is 1. The monoisotopic (exact) mass is 396 g/mol. The van der Waals surface area contributed by atoms with Crippen LogP contribution in [0, 0.1) is 0 Å². The molecule has 0 spiro atoms. The van der Waals surface area contributed by atoms with Crippen LogP contribution in [0.15, 0.2) is 83.3 Å². The van der Waals surface area contributed by atoms with Gasteiger partial charge in [-0.1, -0.05) is 46.3 Å². The van der Waals surface area contributed by atoms with E-state index in [0.717, 1.165) is 15.8 Å². The van der Waals surface area contributed by atoms with Gasteiger partial charge >= 0.3 is 6.03 Å². The fourth-order valence-electron chi connectivity index (χ4n) is 2.24. The molecular formula is C20H17BrN2O2. The molecule has 0 fully saturated rings. The molecule has 3 aromatic carbocycles. The van der Waals surface area contributed by atoms with Gasteiger partial charge in [-0.05, 0) is 54.1 Å². The molecule has 0 aromatic heterocycles. The zero-order chi connectivity index (χ0) is 17.5. The summed E-state index contributed by atoms with van der Waals surface area (Å²) in [6, 6.07) is 24.3. The molecule has 0 bridgehead atoms. The highest BCUT2D eigenvalue weighted by Gasteiger charge is 2.03. The van der Waals surface area contributed by atoms with Crippen molar-refractivity contribution >= 4 is 27.6 Å². The van der Waals surface area contributed by atoms with Gasteiger partial charge in [0.15, 0.2) is 0 Å². The first-order chi connectivity index (χ1) is 12.2. The van der Waals surface area contributed by atoms with Crippen molar-refractivity contribution in [3.05, 3.63) is 88.9 Å². The van der Waals surface area contributed by atoms with Crippen LogP contribution < -0.4 is 15.4 Å². The topological polar surface area (TPSA) is 50.4 Å². The average molecular weight is 397 g/mol. The number of rotatable bonds is 5. The van der Waals surface area contributed by atoms with Gasteiger partial charge in [0.05, 0.1) is 0 Å². The molecule has 3 aromatic rings. The van der Waals surface area contributed by atoms with Crippen molar-refractivity contribution in [1.29, 1.82) is 0 Å². The molecule has 25 heavy (non-hydrogen) atoms. The second-order valence-electron chi connectivity index (χ2n) is 5.38. The van der Waals surface area contributed by atoms with Gasteiger partial charge in [-0.2, -0.15) is 0 Å². The van der Waals surface area contributed by atoms with Gasteiger partial charge in [-0.25, -0.2) is 4.79 Å². The summed E-state index contributed by atoms with van der Waals surface area (Å²) >= 11 is 3.41. The predicted molar refractivity (Wildman–Crippen MR) is 103 cm³/mol. The van der Waals surface area contributed by atoms with Crippen LogP contribution >= 0.6 is 15.9 Å². The number of carbonyl (C=O) groups excluding carboxylic acids is 1. The fourth-order valence-corrected chi connectivity index (χ4v) is 2.68. The van der Waals surface area contributed by atoms with Crippen molar-refractivity contribution < 1.29 is 9.53 Å². The third-order valence-electron chi connectivity index (χ3n) is 3.43. The molecule has 3 rings (SSSR count). The minimum atomic E-state index is -0.253. The van der Waals surface area contributed by atoms with E-state index >= 15 is 0 Å². The number of hydrogen-bond acceptors (Lipinski definition) is 2. The summed E-state index contributed by atoms with van der Waals surface area (Å²) in [5.41, 5.74) is 1.73. The summed E-state index contributed by atoms with van der Waals surface area (Å²) in [5.74, 6) is 1.49. The van der Waals surface area contributed by atoms with Gasteiger partial charge in [0.1, 0.15) is 11.5 Å². The van der Waals surface area contributed by atoms with Crippen molar-refractivity contribution in [2.24, 2.45) is 0 Å². The summed E-state index contributed by atoms with van der Waals surface area (Å²) in [6.07, 6.45) is 0. The molecule has 0 atom stereocenters. The van der Waals surface area contributed by atoms with Gasteiger partial charge in [0.2, 0.25) is 0 Å². The van der Waals surface area contributed by atoms with Crippen LogP contribution in [0.25, 0.3) is 0 Å². The van der Waals surface area contributed by atoms with Gasteiger partial charge in [0.25, 0.3) is 0 Å². The highest BCUT2D eigenvalue weighted by molar-refractivity contribution is 9.10. The lowest BCUT2D eigenvalue weighted by atomic mass is 10.2. The van der Waals surface area contributed by atoms with Gasteiger partial charge in [0, 0.05) is 16.7 Å². The Morgan fingerprint density at radius 2 is 1.60 bits per heavy atom. The summed E-state index contributed by atoms with van der Waals surface area (Å²) in [5, 5.41) is 5.63. The second-order valence-corrected chi connectivity index (χ2v) is 6.29. The smallest absolute Gasteiger partial charge is 0.319 e. The first-order valence-corrected chi connectivity index (χ1v) is 8.60. The molecular weight excluding hydrogens is 380 g/mol. The Labute approximate surface area is 155 Å². The Morgan fingerprint density at radius 1 is 0.880 bits per heavy atom. The number of hydrogen-bond donors (Lipinski definition) is 2. The minimum absolute atomic E-state index is 0.253. The third kappa shape index (κ3) is 5.36. The maximum Gasteiger partial charge on any atom is 0.319 e. The molecule has 0 aliphatic heterocycles. The number of benzene rings is 3. The maximum atomic E-state index is 12.0. The van der Waals surface area contributed by atoms with E-state index < -0.39 is 0 Å². The molecule has 2 N–H and O–H groups in total. The maximum absolute atomic E-state index is 12.0. The van der Waals surface area contributed by atoms with E-state index in [1.165, 1.54) is 0 Å². The first-order valence-electron chi connectivity index (χ1n) is 7.81. The van der Waals surface area contributed by atoms with E-state index in [1.54, 1.807) is 12.1 Å². The lowest BCUT2D eigenvalue weighted by Crippen LogP contribution is -2.28. The summed E-state index contributed by atoms with van der Waals surface area (Å²) in [6.45, 7) is 0.459. The normalized spacial score (nSPS) is 10.1. The van der Waals surface area contributed by atoms with Crippen molar-refractivity contribution in [3.63, 3.8) is 0 Å². The molecule has 126 valence electrons. The largest absolute Gasteiger partial charge is 0.457 e. The molecule has 0 aliphatic carbocycles. The summed E-state index contributed by atoms with van der Waals surface area (Å²) < 4.78 is 6.71. The van der Waals surface area contributed by atoms with Gasteiger partial charge in [-0.15, -0.1) is 0 Å². The van der Waals surface area contributed by atoms with Crippen LogP contribution in [0.2, 0.25) is 0 Å². The SMILES string of the molecule is O=C(NCc1cccc(Br)c1)Nc1ccc(Oc2ccccc2)cc1. The second kappa shape index (κ2) is 8.35. The lowest BCUT2D eigenvalue weighted by molar-refractivity contribution is 0.251. The third-order valence-corrected chi connectivity index (χ3v) is 3.93. The quantitative estimate of drug-likeness (QED) is 0.592. The summed E-state index contributed by atoms with van der Waals surface area (Å²) in [7, 11) is 0. The van der Waals surface area contributed by atoms with Crippen molar-refractivity contribution in [3.8, 4) is 11.5 Å². The number of urea groups is 1. The van der Waals surface area contributed by atoms with E-state index in [1.807, 2.05) is 66.7 Å². The zero-order valence-electron chi connectivity index (χ0n) is 13.4. The summed E-state index contributed by atoms with van der Waals surface area (Å²) in [4.78, 5) is 12.0. The highest BCUT2D eigenvalue weighted by atomic mass is 79.9. The lowest BCUT2D eigenvalue weighted by Gasteiger charge is -2.09. The Balaban J connectivity index is 1.51. The number of ether oxygens (including phenoxy) is 1. The van der Waals surface area contributed by atoms with E-state index in [0.29, 0.717) is 18.0 Å². The molecule has 5 heteroatoms. The van der Waals surface area contributed by atoms with E-state index in [4.69, 9.17) is 4.74 Å². The molecule has 0 saturated carbocycles. The Hall–Kier alpha value is -2.79. The molecule has 0 saturated heterocycles. The van der Waals surface area contributed by atoms with Crippen LogP contribution in [0.5, 0.6) is 11.5 Å². The number of amides is 2. The van der Waals surface area contributed by atoms with Crippen molar-refractivity contribution in [2.45, 2.75) is 6.54 Å². The number of para-hydroxylation sites is 1. The predicted octanol–water partition coefficient (Wildman–Crippen LogP) is 5.56. The number of halogens is 1. The van der Waals surface area contributed by atoms with E-state index in [-0.39, 0.29) is 6.03 Å². The van der Waals surface area contributed by atoms with Crippen LogP contribution in [0.3, 0.4) is 0 Å². The van der Waals surface area contributed by atoms with Crippen LogP contribution in [0.1, 0.15) is 5.56 Å². The van der Waals surface area contributed by atoms with Gasteiger partial charge < -0.3 is 15.4 Å². The Bertz CT molecular complexity index is 836. The van der Waals surface area contributed by atoms with E-state index in [9.17, 15) is 4.79 Å². The molecule has 0 unspecified atom stereocenters. The van der Waals surface area contributed by atoms with E-state index in [2.05, 4.69) is 26.6 Å². The first kappa shape index (κ1) is 17.0. The molecule has 0 aliphatic rings. The number of carbonyl (C=O) groups is 1. The van der Waals surface area contributed by atoms with Crippen LogP contribution in [0.4, 0.5) is 10.5 Å². The standard InChI is InChI=1S/C20H17BrN2O2/c21-16-6-4-5-15(13-16)14-22-20(24)23-17-9-11-19(12-10-17)25-18-7-2-1-3-8-18/h1-13H,14H2,(H2,22,23,24). The zero-order valence-corrected chi connectivity index (χ0v) is 15.0. The van der Waals surface area contributed by atoms with Crippen molar-refractivity contribution in [2.75, 3.05) is 5.32 Å². The van der Waals surface area contributed by atoms with Crippen molar-refractivity contribution in [1.82, 2.24) is 5.32 Å². The Morgan fingerprint density at radius 3 is 2.32 bits per heavy atom. The van der Waals surface area contributed by atoms with Crippen LogP contribution in [-0.2, 0) is 6.54 Å². The van der Waals surface area contributed by atoms with Gasteiger partial charge in [-0.3, -0.25) is 0 Å². The average Bonchev–Trinajstić information content (AvgIpc) is 2.63. The van der Waals surface area contributed by atoms with Crippen LogP contribution in [-0.4, -0.2) is 6.03 Å². The molecule has 2 amide bonds. The molecule has 4 nitrogen and oxygen atoms in total. The minimum Gasteiger partial charge on any atom is -0.457 e. The Kier molecular flexibility index (Phi) is 5.69. The number of nitrogens with one attached hydrogen (secondary N) is 2. The fraction of sp³-hybridized carbons (Fsp3) is 0.0500. The molecule has 0 radical (unpaired) electrons. The molecule has 0 heterocycles.